The number of carboxylic acid groups (broad SMARTS) is 1. The summed E-state index contributed by atoms with van der Waals surface area (Å²) in [6.07, 6.45) is 6.51. The number of nitrogens with one attached hydrogen (secondary N) is 1. The number of nitrogens with zero attached hydrogens (tertiary/aromatic N) is 4. The number of carbonyl (C=O) groups excluding carboxylic acids is 1. The molecule has 2 heterocycles. The molecule has 24 heavy (non-hydrogen) atoms. The van der Waals surface area contributed by atoms with Crippen molar-refractivity contribution in [3.05, 3.63) is 48.5 Å². The summed E-state index contributed by atoms with van der Waals surface area (Å²) in [6, 6.07) is 7.59. The van der Waals surface area contributed by atoms with Crippen LogP contribution in [0.2, 0.25) is 0 Å². The van der Waals surface area contributed by atoms with Gasteiger partial charge in [-0.1, -0.05) is 30.0 Å². The Morgan fingerprint density at radius 1 is 1.46 bits per heavy atom. The highest BCUT2D eigenvalue weighted by Gasteiger charge is 2.32. The molecule has 2 N–H and O–H groups in total. The number of hydrogen-bond acceptors (Lipinski definition) is 6. The molecule has 1 aromatic heterocycles. The van der Waals surface area contributed by atoms with Gasteiger partial charge in [0.15, 0.2) is 5.17 Å². The van der Waals surface area contributed by atoms with Crippen molar-refractivity contribution in [1.29, 1.82) is 0 Å². The highest BCUT2D eigenvalue weighted by molar-refractivity contribution is 8.15. The van der Waals surface area contributed by atoms with E-state index in [9.17, 15) is 9.59 Å². The molecule has 1 amide bonds. The predicted molar refractivity (Wildman–Crippen MR) is 90.4 cm³/mol. The predicted octanol–water partition coefficient (Wildman–Crippen LogP) is 1.27. The first-order valence-electron chi connectivity index (χ1n) is 7.01. The Bertz CT molecular complexity index is 816. The van der Waals surface area contributed by atoms with E-state index >= 15 is 0 Å². The van der Waals surface area contributed by atoms with Gasteiger partial charge in [-0.05, 0) is 6.07 Å². The molecule has 1 atom stereocenters. The Morgan fingerprint density at radius 2 is 2.29 bits per heavy atom. The summed E-state index contributed by atoms with van der Waals surface area (Å²) in [5.41, 5.74) is 1.72. The Labute approximate surface area is 141 Å². The number of amidine groups is 1. The topological polar surface area (TPSA) is 109 Å². The van der Waals surface area contributed by atoms with E-state index in [0.717, 1.165) is 23.0 Å². The van der Waals surface area contributed by atoms with Crippen molar-refractivity contribution in [3.8, 4) is 5.69 Å². The van der Waals surface area contributed by atoms with Crippen LogP contribution in [0.3, 0.4) is 0 Å². The Morgan fingerprint density at radius 3 is 3.04 bits per heavy atom. The molecule has 0 aliphatic carbocycles. The van der Waals surface area contributed by atoms with Crippen molar-refractivity contribution in [2.24, 2.45) is 10.2 Å². The molecule has 2 aromatic rings. The maximum Gasteiger partial charge on any atom is 0.305 e. The van der Waals surface area contributed by atoms with Crippen molar-refractivity contribution in [1.82, 2.24) is 14.9 Å². The quantitative estimate of drug-likeness (QED) is 0.628. The molecule has 0 bridgehead atoms. The maximum atomic E-state index is 11.6. The van der Waals surface area contributed by atoms with E-state index in [1.54, 1.807) is 18.7 Å². The number of carbonyl (C=O) groups is 2. The molecule has 0 spiro atoms. The molecule has 1 saturated heterocycles. The molecule has 0 saturated carbocycles. The number of rotatable bonds is 5. The van der Waals surface area contributed by atoms with Crippen molar-refractivity contribution in [2.75, 3.05) is 0 Å². The van der Waals surface area contributed by atoms with E-state index in [4.69, 9.17) is 5.11 Å². The lowest BCUT2D eigenvalue weighted by molar-refractivity contribution is -0.138. The summed E-state index contributed by atoms with van der Waals surface area (Å²) >= 11 is 1.06. The second-order valence-electron chi connectivity index (χ2n) is 4.87. The van der Waals surface area contributed by atoms with Crippen LogP contribution in [0, 0.1) is 0 Å². The molecule has 8 nitrogen and oxygen atoms in total. The van der Waals surface area contributed by atoms with Gasteiger partial charge in [-0.3, -0.25) is 9.59 Å². The van der Waals surface area contributed by atoms with Gasteiger partial charge in [0.2, 0.25) is 5.91 Å². The first-order valence-corrected chi connectivity index (χ1v) is 7.89. The van der Waals surface area contributed by atoms with E-state index in [1.165, 1.54) is 0 Å². The Balaban J connectivity index is 1.74. The normalized spacial score (nSPS) is 19.1. The molecule has 9 heteroatoms. The van der Waals surface area contributed by atoms with Gasteiger partial charge >= 0.3 is 5.97 Å². The lowest BCUT2D eigenvalue weighted by atomic mass is 10.2. The van der Waals surface area contributed by atoms with Crippen LogP contribution in [0.4, 0.5) is 0 Å². The molecule has 0 radical (unpaired) electrons. The summed E-state index contributed by atoms with van der Waals surface area (Å²) in [4.78, 5) is 26.3. The van der Waals surface area contributed by atoms with Crippen molar-refractivity contribution in [3.63, 3.8) is 0 Å². The van der Waals surface area contributed by atoms with Crippen LogP contribution in [0.15, 0.2) is 53.2 Å². The number of imidazole rings is 1. The number of para-hydroxylation sites is 1. The van der Waals surface area contributed by atoms with Crippen LogP contribution in [0.25, 0.3) is 5.69 Å². The number of aliphatic carboxylic acids is 1. The van der Waals surface area contributed by atoms with Crippen LogP contribution in [0.1, 0.15) is 12.0 Å². The second kappa shape index (κ2) is 7.09. The number of amides is 1. The highest BCUT2D eigenvalue weighted by atomic mass is 32.2. The van der Waals surface area contributed by atoms with Gasteiger partial charge < -0.3 is 15.0 Å². The van der Waals surface area contributed by atoms with E-state index < -0.39 is 11.2 Å². The Kier molecular flexibility index (Phi) is 4.71. The lowest BCUT2D eigenvalue weighted by Gasteiger charge is -2.05. The maximum absolute atomic E-state index is 11.6. The number of hydrogen-bond donors (Lipinski definition) is 2. The molecule has 3 rings (SSSR count). The highest BCUT2D eigenvalue weighted by Crippen LogP contribution is 2.22. The van der Waals surface area contributed by atoms with Crippen LogP contribution >= 0.6 is 11.8 Å². The van der Waals surface area contributed by atoms with Gasteiger partial charge in [-0.15, -0.1) is 5.10 Å². The zero-order valence-corrected chi connectivity index (χ0v) is 13.2. The average Bonchev–Trinajstić information content (AvgIpc) is 3.18. The molecule has 1 unspecified atom stereocenters. The summed E-state index contributed by atoms with van der Waals surface area (Å²) in [7, 11) is 0. The molecule has 1 aromatic carbocycles. The number of thioether (sulfide) groups is 1. The fraction of sp³-hybridized carbons (Fsp3) is 0.133. The second-order valence-corrected chi connectivity index (χ2v) is 6.06. The summed E-state index contributed by atoms with van der Waals surface area (Å²) < 4.78 is 1.85. The average molecular weight is 343 g/mol. The lowest BCUT2D eigenvalue weighted by Crippen LogP contribution is -2.26. The fourth-order valence-corrected chi connectivity index (χ4v) is 3.04. The van der Waals surface area contributed by atoms with Crippen molar-refractivity contribution in [2.45, 2.75) is 11.7 Å². The molecule has 122 valence electrons. The van der Waals surface area contributed by atoms with Gasteiger partial charge in [0.05, 0.1) is 24.7 Å². The first kappa shape index (κ1) is 15.9. The molecule has 1 fully saturated rings. The minimum atomic E-state index is -1.03. The van der Waals surface area contributed by atoms with E-state index in [2.05, 4.69) is 20.5 Å². The molecule has 1 aliphatic heterocycles. The van der Waals surface area contributed by atoms with Crippen LogP contribution in [0.5, 0.6) is 0 Å². The largest absolute Gasteiger partial charge is 0.481 e. The molecular weight excluding hydrogens is 330 g/mol. The SMILES string of the molecule is O=C(O)CC1SC(=NN=Cc2ccccc2-n2ccnc2)NC1=O. The van der Waals surface area contributed by atoms with Crippen molar-refractivity contribution >= 4 is 35.0 Å². The van der Waals surface area contributed by atoms with Crippen LogP contribution < -0.4 is 5.32 Å². The standard InChI is InChI=1S/C15H13N5O3S/c21-13(22)7-12-14(23)18-15(24-12)19-17-8-10-3-1-2-4-11(10)20-6-5-16-9-20/h1-6,8-9,12H,7H2,(H,21,22)(H,18,19,23). The number of benzene rings is 1. The third kappa shape index (κ3) is 3.69. The van der Waals surface area contributed by atoms with Crippen LogP contribution in [-0.4, -0.2) is 43.2 Å². The Hall–Kier alpha value is -2.94. The number of aromatic nitrogens is 2. The number of carboxylic acids is 1. The first-order chi connectivity index (χ1) is 11.6. The summed E-state index contributed by atoms with van der Waals surface area (Å²) in [5, 5.41) is 18.8. The zero-order valence-electron chi connectivity index (χ0n) is 12.4. The molecular formula is C15H13N5O3S. The van der Waals surface area contributed by atoms with Crippen molar-refractivity contribution < 1.29 is 14.7 Å². The van der Waals surface area contributed by atoms with E-state index in [-0.39, 0.29) is 12.3 Å². The zero-order chi connectivity index (χ0) is 16.9. The molecule has 1 aliphatic rings. The summed E-state index contributed by atoms with van der Waals surface area (Å²) in [5.74, 6) is -1.39. The monoisotopic (exact) mass is 343 g/mol. The smallest absolute Gasteiger partial charge is 0.305 e. The third-order valence-electron chi connectivity index (χ3n) is 3.20. The van der Waals surface area contributed by atoms with Gasteiger partial charge in [0, 0.05) is 18.0 Å². The van der Waals surface area contributed by atoms with E-state index in [1.807, 2.05) is 35.0 Å². The van der Waals surface area contributed by atoms with Crippen LogP contribution in [-0.2, 0) is 9.59 Å². The summed E-state index contributed by atoms with van der Waals surface area (Å²) in [6.45, 7) is 0. The third-order valence-corrected chi connectivity index (χ3v) is 4.27. The van der Waals surface area contributed by atoms with Gasteiger partial charge in [0.1, 0.15) is 5.25 Å². The van der Waals surface area contributed by atoms with Gasteiger partial charge in [-0.2, -0.15) is 5.10 Å². The van der Waals surface area contributed by atoms with E-state index in [0.29, 0.717) is 5.17 Å². The fourth-order valence-electron chi connectivity index (χ4n) is 2.12. The minimum Gasteiger partial charge on any atom is -0.481 e. The van der Waals surface area contributed by atoms with Gasteiger partial charge in [-0.25, -0.2) is 4.98 Å². The minimum absolute atomic E-state index is 0.247. The van der Waals surface area contributed by atoms with Gasteiger partial charge in [0.25, 0.3) is 0 Å².